The lowest BCUT2D eigenvalue weighted by atomic mass is 9.97. The van der Waals surface area contributed by atoms with E-state index in [4.69, 9.17) is 0 Å². The van der Waals surface area contributed by atoms with Crippen LogP contribution in [0.1, 0.15) is 65.3 Å². The highest BCUT2D eigenvalue weighted by molar-refractivity contribution is 6.01. The lowest BCUT2D eigenvalue weighted by Crippen LogP contribution is -2.23. The minimum absolute atomic E-state index is 0.230. The zero-order valence-corrected chi connectivity index (χ0v) is 13.6. The van der Waals surface area contributed by atoms with Gasteiger partial charge in [0.1, 0.15) is 17.3 Å². The highest BCUT2D eigenvalue weighted by Crippen LogP contribution is 2.28. The number of hydrogen-bond acceptors (Lipinski definition) is 5. The molecule has 0 spiro atoms. The zero-order chi connectivity index (χ0) is 16.6. The standard InChI is InChI=1S/C17H19N5O/c1-10-7-14(21-12(3)20-10)13(8-18)17(23)15-9-19-16-6-4-5-11(2)22(15)16/h7,9,11,13H,4-6H2,1-3H3/t11-,13-/m1/s1. The normalized spacial score (nSPS) is 18.1. The van der Waals surface area contributed by atoms with Crippen molar-refractivity contribution in [2.24, 2.45) is 0 Å². The average Bonchev–Trinajstić information content (AvgIpc) is 2.92. The molecule has 0 bridgehead atoms. The van der Waals surface area contributed by atoms with Crippen molar-refractivity contribution in [3.8, 4) is 6.07 Å². The topological polar surface area (TPSA) is 84.5 Å². The van der Waals surface area contributed by atoms with E-state index in [0.717, 1.165) is 30.8 Å². The molecular weight excluding hydrogens is 290 g/mol. The van der Waals surface area contributed by atoms with Crippen molar-refractivity contribution in [1.82, 2.24) is 19.5 Å². The van der Waals surface area contributed by atoms with Crippen molar-refractivity contribution in [1.29, 1.82) is 5.26 Å². The Labute approximate surface area is 135 Å². The fourth-order valence-electron chi connectivity index (χ4n) is 3.24. The summed E-state index contributed by atoms with van der Waals surface area (Å²) in [7, 11) is 0. The molecule has 2 aromatic rings. The van der Waals surface area contributed by atoms with Gasteiger partial charge in [-0.1, -0.05) is 0 Å². The summed E-state index contributed by atoms with van der Waals surface area (Å²) in [6, 6.07) is 4.04. The van der Waals surface area contributed by atoms with Gasteiger partial charge in [0.25, 0.3) is 0 Å². The van der Waals surface area contributed by atoms with E-state index in [2.05, 4.69) is 27.9 Å². The van der Waals surface area contributed by atoms with Gasteiger partial charge in [0, 0.05) is 18.2 Å². The van der Waals surface area contributed by atoms with Gasteiger partial charge < -0.3 is 4.57 Å². The van der Waals surface area contributed by atoms with Crippen LogP contribution in [0.5, 0.6) is 0 Å². The van der Waals surface area contributed by atoms with Gasteiger partial charge in [0.2, 0.25) is 5.78 Å². The Hall–Kier alpha value is -2.55. The zero-order valence-electron chi connectivity index (χ0n) is 13.6. The number of aryl methyl sites for hydroxylation is 3. The second-order valence-corrected chi connectivity index (χ2v) is 6.08. The molecule has 118 valence electrons. The third-order valence-electron chi connectivity index (χ3n) is 4.26. The van der Waals surface area contributed by atoms with Crippen molar-refractivity contribution < 1.29 is 4.79 Å². The van der Waals surface area contributed by atoms with Crippen LogP contribution in [0.15, 0.2) is 12.3 Å². The molecule has 0 amide bonds. The van der Waals surface area contributed by atoms with E-state index in [1.807, 2.05) is 11.5 Å². The van der Waals surface area contributed by atoms with Crippen LogP contribution in [-0.2, 0) is 6.42 Å². The lowest BCUT2D eigenvalue weighted by molar-refractivity contribution is 0.0965. The average molecular weight is 309 g/mol. The molecule has 3 rings (SSSR count). The number of rotatable bonds is 3. The van der Waals surface area contributed by atoms with Gasteiger partial charge in [-0.15, -0.1) is 0 Å². The summed E-state index contributed by atoms with van der Waals surface area (Å²) < 4.78 is 1.98. The van der Waals surface area contributed by atoms with E-state index < -0.39 is 5.92 Å². The van der Waals surface area contributed by atoms with Crippen molar-refractivity contribution in [3.05, 3.63) is 41.0 Å². The third kappa shape index (κ3) is 2.74. The third-order valence-corrected chi connectivity index (χ3v) is 4.26. The quantitative estimate of drug-likeness (QED) is 0.814. The summed E-state index contributed by atoms with van der Waals surface area (Å²) in [6.07, 6.45) is 4.58. The molecule has 0 aromatic carbocycles. The van der Waals surface area contributed by atoms with Crippen LogP contribution in [-0.4, -0.2) is 25.3 Å². The van der Waals surface area contributed by atoms with Gasteiger partial charge >= 0.3 is 0 Å². The van der Waals surface area contributed by atoms with Gasteiger partial charge in [0.05, 0.1) is 18.0 Å². The predicted octanol–water partition coefficient (Wildman–Crippen LogP) is 2.68. The van der Waals surface area contributed by atoms with Gasteiger partial charge in [-0.25, -0.2) is 15.0 Å². The van der Waals surface area contributed by atoms with Crippen molar-refractivity contribution in [2.75, 3.05) is 0 Å². The van der Waals surface area contributed by atoms with Crippen molar-refractivity contribution in [3.63, 3.8) is 0 Å². The van der Waals surface area contributed by atoms with Gasteiger partial charge in [0.15, 0.2) is 5.92 Å². The Morgan fingerprint density at radius 2 is 2.22 bits per heavy atom. The number of ketones is 1. The summed E-state index contributed by atoms with van der Waals surface area (Å²) >= 11 is 0. The Bertz CT molecular complexity index is 782. The number of Topliss-reactive ketones (excluding diaryl/α,β-unsaturated/α-hetero) is 1. The molecule has 0 aliphatic carbocycles. The molecule has 0 fully saturated rings. The summed E-state index contributed by atoms with van der Waals surface area (Å²) in [4.78, 5) is 25.8. The van der Waals surface area contributed by atoms with Gasteiger partial charge in [-0.2, -0.15) is 5.26 Å². The van der Waals surface area contributed by atoms with Crippen LogP contribution >= 0.6 is 0 Å². The molecule has 0 saturated carbocycles. The molecule has 6 heteroatoms. The fourth-order valence-corrected chi connectivity index (χ4v) is 3.24. The fraction of sp³-hybridized carbons (Fsp3) is 0.471. The van der Waals surface area contributed by atoms with E-state index >= 15 is 0 Å². The Balaban J connectivity index is 2.02. The highest BCUT2D eigenvalue weighted by Gasteiger charge is 2.30. The maximum Gasteiger partial charge on any atom is 0.204 e. The molecule has 23 heavy (non-hydrogen) atoms. The molecule has 1 aliphatic rings. The van der Waals surface area contributed by atoms with E-state index in [1.54, 1.807) is 19.2 Å². The van der Waals surface area contributed by atoms with Crippen molar-refractivity contribution >= 4 is 5.78 Å². The van der Waals surface area contributed by atoms with E-state index in [9.17, 15) is 10.1 Å². The number of imidazole rings is 1. The van der Waals surface area contributed by atoms with Crippen LogP contribution in [0.2, 0.25) is 0 Å². The molecule has 0 N–H and O–H groups in total. The van der Waals surface area contributed by atoms with Crippen LogP contribution in [0, 0.1) is 25.2 Å². The number of carbonyl (C=O) groups is 1. The first kappa shape index (κ1) is 15.3. The molecule has 6 nitrogen and oxygen atoms in total. The molecule has 3 heterocycles. The van der Waals surface area contributed by atoms with Crippen LogP contribution in [0.25, 0.3) is 0 Å². The van der Waals surface area contributed by atoms with Gasteiger partial charge in [-0.3, -0.25) is 4.79 Å². The van der Waals surface area contributed by atoms with E-state index in [0.29, 0.717) is 17.2 Å². The maximum atomic E-state index is 12.9. The monoisotopic (exact) mass is 309 g/mol. The summed E-state index contributed by atoms with van der Waals surface area (Å²) in [6.45, 7) is 5.68. The predicted molar refractivity (Wildman–Crippen MR) is 84.1 cm³/mol. The van der Waals surface area contributed by atoms with Crippen LogP contribution in [0.4, 0.5) is 0 Å². The summed E-state index contributed by atoms with van der Waals surface area (Å²) in [5.41, 5.74) is 1.72. The Morgan fingerprint density at radius 3 is 2.91 bits per heavy atom. The Kier molecular flexibility index (Phi) is 3.95. The Morgan fingerprint density at radius 1 is 1.43 bits per heavy atom. The molecule has 0 radical (unpaired) electrons. The molecular formula is C17H19N5O. The number of fused-ring (bicyclic) bond motifs is 1. The smallest absolute Gasteiger partial charge is 0.204 e. The molecule has 2 atom stereocenters. The number of hydrogen-bond donors (Lipinski definition) is 0. The van der Waals surface area contributed by atoms with E-state index in [1.165, 1.54) is 0 Å². The SMILES string of the molecule is Cc1cc([C@@H](C#N)C(=O)c2cnc3n2[C@H](C)CCC3)nc(C)n1. The minimum Gasteiger partial charge on any atom is -0.323 e. The first-order valence-electron chi connectivity index (χ1n) is 7.83. The number of carbonyl (C=O) groups excluding carboxylic acids is 1. The molecule has 0 unspecified atom stereocenters. The second kappa shape index (κ2) is 5.92. The molecule has 0 saturated heterocycles. The number of nitriles is 1. The lowest BCUT2D eigenvalue weighted by Gasteiger charge is -2.24. The second-order valence-electron chi connectivity index (χ2n) is 6.08. The molecule has 1 aliphatic heterocycles. The summed E-state index contributed by atoms with van der Waals surface area (Å²) in [5, 5.41) is 9.54. The molecule has 2 aromatic heterocycles. The number of nitrogens with zero attached hydrogens (tertiary/aromatic N) is 5. The largest absolute Gasteiger partial charge is 0.323 e. The maximum absolute atomic E-state index is 12.9. The van der Waals surface area contributed by atoms with Crippen LogP contribution in [0.3, 0.4) is 0 Å². The van der Waals surface area contributed by atoms with Gasteiger partial charge in [-0.05, 0) is 39.7 Å². The minimum atomic E-state index is -0.926. The van der Waals surface area contributed by atoms with Crippen LogP contribution < -0.4 is 0 Å². The van der Waals surface area contributed by atoms with Crippen molar-refractivity contribution in [2.45, 2.75) is 52.0 Å². The van der Waals surface area contributed by atoms with E-state index in [-0.39, 0.29) is 11.8 Å². The number of aromatic nitrogens is 4. The first-order valence-corrected chi connectivity index (χ1v) is 7.83. The summed E-state index contributed by atoms with van der Waals surface area (Å²) in [5.74, 6) is 0.332. The highest BCUT2D eigenvalue weighted by atomic mass is 16.1. The first-order chi connectivity index (χ1) is 11.0.